The summed E-state index contributed by atoms with van der Waals surface area (Å²) < 4.78 is 10.1. The van der Waals surface area contributed by atoms with Gasteiger partial charge in [0.15, 0.2) is 0 Å². The number of methoxy groups -OCH3 is 2. The fourth-order valence-electron chi connectivity index (χ4n) is 1.62. The highest BCUT2D eigenvalue weighted by atomic mass is 16.5. The summed E-state index contributed by atoms with van der Waals surface area (Å²) >= 11 is 0. The van der Waals surface area contributed by atoms with E-state index in [1.165, 1.54) is 20.3 Å². The normalized spacial score (nSPS) is 9.45. The first-order valence-corrected chi connectivity index (χ1v) is 5.70. The number of hydrogen-bond donors (Lipinski definition) is 1. The van der Waals surface area contributed by atoms with Crippen LogP contribution in [0.2, 0.25) is 0 Å². The Labute approximate surface area is 116 Å². The summed E-state index contributed by atoms with van der Waals surface area (Å²) in [5.74, 6) is 1.38. The monoisotopic (exact) mass is 277 g/mol. The third-order valence-corrected chi connectivity index (χ3v) is 2.53. The number of terminal acetylenes is 1. The summed E-state index contributed by atoms with van der Waals surface area (Å²) in [6.45, 7) is -0.588. The van der Waals surface area contributed by atoms with Gasteiger partial charge >= 0.3 is 5.97 Å². The first-order valence-electron chi connectivity index (χ1n) is 5.70. The second-order valence-electron chi connectivity index (χ2n) is 3.83. The quantitative estimate of drug-likeness (QED) is 0.781. The van der Waals surface area contributed by atoms with Crippen molar-refractivity contribution in [1.29, 1.82) is 0 Å². The number of aliphatic carboxylic acids is 1. The number of carbonyl (C=O) groups excluding carboxylic acids is 1. The smallest absolute Gasteiger partial charge is 0.323 e. The Kier molecular flexibility index (Phi) is 5.42. The van der Waals surface area contributed by atoms with Gasteiger partial charge in [0.2, 0.25) is 0 Å². The molecule has 0 fully saturated rings. The van der Waals surface area contributed by atoms with Crippen LogP contribution in [-0.4, -0.2) is 49.2 Å². The van der Waals surface area contributed by atoms with Crippen LogP contribution in [0.3, 0.4) is 0 Å². The van der Waals surface area contributed by atoms with Gasteiger partial charge in [-0.1, -0.05) is 5.92 Å². The molecule has 20 heavy (non-hydrogen) atoms. The lowest BCUT2D eigenvalue weighted by atomic mass is 10.1. The number of nitrogens with zero attached hydrogens (tertiary/aromatic N) is 1. The van der Waals surface area contributed by atoms with E-state index in [-0.39, 0.29) is 12.1 Å². The number of amides is 1. The highest BCUT2D eigenvalue weighted by Crippen LogP contribution is 2.25. The van der Waals surface area contributed by atoms with Gasteiger partial charge in [0.25, 0.3) is 5.91 Å². The van der Waals surface area contributed by atoms with Crippen LogP contribution < -0.4 is 9.47 Å². The lowest BCUT2D eigenvalue weighted by Gasteiger charge is -2.19. The standard InChI is InChI=1S/C14H15NO5/c1-4-7-15(9-13(16)17)14(18)11-8-10(19-2)5-6-12(11)20-3/h1,5-6,8H,7,9H2,2-3H3,(H,16,17). The number of hydrogen-bond acceptors (Lipinski definition) is 4. The highest BCUT2D eigenvalue weighted by Gasteiger charge is 2.21. The number of carboxylic acid groups (broad SMARTS) is 1. The maximum Gasteiger partial charge on any atom is 0.323 e. The Morgan fingerprint density at radius 3 is 2.55 bits per heavy atom. The Hall–Kier alpha value is -2.68. The first-order chi connectivity index (χ1) is 9.53. The second kappa shape index (κ2) is 7.04. The van der Waals surface area contributed by atoms with Gasteiger partial charge in [0.1, 0.15) is 18.0 Å². The van der Waals surface area contributed by atoms with Gasteiger partial charge in [-0.15, -0.1) is 6.42 Å². The zero-order valence-corrected chi connectivity index (χ0v) is 11.3. The van der Waals surface area contributed by atoms with Crippen LogP contribution in [0.1, 0.15) is 10.4 Å². The van der Waals surface area contributed by atoms with Crippen LogP contribution >= 0.6 is 0 Å². The maximum atomic E-state index is 12.3. The minimum Gasteiger partial charge on any atom is -0.497 e. The number of carbonyl (C=O) groups is 2. The van der Waals surface area contributed by atoms with Crippen LogP contribution in [0.4, 0.5) is 0 Å². The topological polar surface area (TPSA) is 76.1 Å². The van der Waals surface area contributed by atoms with Crippen molar-refractivity contribution < 1.29 is 24.2 Å². The van der Waals surface area contributed by atoms with E-state index in [1.54, 1.807) is 12.1 Å². The molecule has 1 N–H and O–H groups in total. The van der Waals surface area contributed by atoms with E-state index >= 15 is 0 Å². The Morgan fingerprint density at radius 2 is 2.05 bits per heavy atom. The molecule has 0 bridgehead atoms. The molecule has 106 valence electrons. The van der Waals surface area contributed by atoms with Crippen molar-refractivity contribution in [2.24, 2.45) is 0 Å². The largest absolute Gasteiger partial charge is 0.497 e. The van der Waals surface area contributed by atoms with Crippen LogP contribution in [-0.2, 0) is 4.79 Å². The molecule has 6 heteroatoms. The van der Waals surface area contributed by atoms with E-state index in [4.69, 9.17) is 21.0 Å². The molecule has 0 unspecified atom stereocenters. The van der Waals surface area contributed by atoms with Crippen molar-refractivity contribution in [3.05, 3.63) is 23.8 Å². The molecule has 1 amide bonds. The predicted octanol–water partition coefficient (Wildman–Crippen LogP) is 0.864. The molecule has 0 spiro atoms. The van der Waals surface area contributed by atoms with Gasteiger partial charge in [0, 0.05) is 0 Å². The molecular formula is C14H15NO5. The van der Waals surface area contributed by atoms with Crippen LogP contribution in [0, 0.1) is 12.3 Å². The number of carboxylic acids is 1. The third kappa shape index (κ3) is 3.65. The Bertz CT molecular complexity index is 547. The minimum atomic E-state index is -1.14. The zero-order chi connectivity index (χ0) is 15.1. The van der Waals surface area contributed by atoms with Gasteiger partial charge in [-0.05, 0) is 18.2 Å². The predicted molar refractivity (Wildman–Crippen MR) is 71.9 cm³/mol. The molecule has 6 nitrogen and oxygen atoms in total. The van der Waals surface area contributed by atoms with Crippen molar-refractivity contribution in [3.63, 3.8) is 0 Å². The molecule has 1 rings (SSSR count). The second-order valence-corrected chi connectivity index (χ2v) is 3.83. The molecule has 0 aromatic heterocycles. The average molecular weight is 277 g/mol. The molecule has 0 saturated heterocycles. The fourth-order valence-corrected chi connectivity index (χ4v) is 1.62. The summed E-state index contributed by atoms with van der Waals surface area (Å²) in [5.41, 5.74) is 0.198. The summed E-state index contributed by atoms with van der Waals surface area (Å²) in [6.07, 6.45) is 5.15. The Morgan fingerprint density at radius 1 is 1.35 bits per heavy atom. The van der Waals surface area contributed by atoms with E-state index in [1.807, 2.05) is 0 Å². The van der Waals surface area contributed by atoms with Crippen molar-refractivity contribution in [3.8, 4) is 23.8 Å². The van der Waals surface area contributed by atoms with E-state index in [0.717, 1.165) is 4.90 Å². The van der Waals surface area contributed by atoms with E-state index < -0.39 is 18.4 Å². The van der Waals surface area contributed by atoms with E-state index in [0.29, 0.717) is 11.5 Å². The molecule has 0 aliphatic rings. The number of benzene rings is 1. The maximum absolute atomic E-state index is 12.3. The van der Waals surface area contributed by atoms with Crippen LogP contribution in [0.5, 0.6) is 11.5 Å². The van der Waals surface area contributed by atoms with E-state index in [9.17, 15) is 9.59 Å². The molecule has 1 aromatic carbocycles. The molecule has 0 aliphatic carbocycles. The molecule has 1 aromatic rings. The lowest BCUT2D eigenvalue weighted by Crippen LogP contribution is -2.36. The third-order valence-electron chi connectivity index (χ3n) is 2.53. The van der Waals surface area contributed by atoms with Crippen LogP contribution in [0.15, 0.2) is 18.2 Å². The van der Waals surface area contributed by atoms with Gasteiger partial charge in [-0.3, -0.25) is 9.59 Å². The van der Waals surface area contributed by atoms with Crippen molar-refractivity contribution >= 4 is 11.9 Å². The highest BCUT2D eigenvalue weighted by molar-refractivity contribution is 5.98. The fraction of sp³-hybridized carbons (Fsp3) is 0.286. The average Bonchev–Trinajstić information content (AvgIpc) is 2.44. The van der Waals surface area contributed by atoms with Crippen molar-refractivity contribution in [2.75, 3.05) is 27.3 Å². The number of rotatable bonds is 6. The van der Waals surface area contributed by atoms with Gasteiger partial charge < -0.3 is 19.5 Å². The van der Waals surface area contributed by atoms with Crippen LogP contribution in [0.25, 0.3) is 0 Å². The van der Waals surface area contributed by atoms with Crippen molar-refractivity contribution in [2.45, 2.75) is 0 Å². The summed E-state index contributed by atoms with van der Waals surface area (Å²) in [6, 6.07) is 4.69. The Balaban J connectivity index is 3.15. The van der Waals surface area contributed by atoms with Gasteiger partial charge in [-0.25, -0.2) is 0 Å². The summed E-state index contributed by atoms with van der Waals surface area (Å²) in [4.78, 5) is 24.2. The summed E-state index contributed by atoms with van der Waals surface area (Å²) in [5, 5.41) is 8.82. The zero-order valence-electron chi connectivity index (χ0n) is 11.3. The van der Waals surface area contributed by atoms with E-state index in [2.05, 4.69) is 5.92 Å². The first kappa shape index (κ1) is 15.4. The molecule has 0 heterocycles. The van der Waals surface area contributed by atoms with Gasteiger partial charge in [-0.2, -0.15) is 0 Å². The molecule has 0 radical (unpaired) electrons. The SMILES string of the molecule is C#CCN(CC(=O)O)C(=O)c1cc(OC)ccc1OC. The molecule has 0 saturated carbocycles. The number of ether oxygens (including phenoxy) is 2. The lowest BCUT2D eigenvalue weighted by molar-refractivity contribution is -0.137. The summed E-state index contributed by atoms with van der Waals surface area (Å²) in [7, 11) is 2.88. The molecular weight excluding hydrogens is 262 g/mol. The molecule has 0 atom stereocenters. The molecule has 0 aliphatic heterocycles. The van der Waals surface area contributed by atoms with Crippen molar-refractivity contribution in [1.82, 2.24) is 4.90 Å². The van der Waals surface area contributed by atoms with Gasteiger partial charge in [0.05, 0.1) is 26.3 Å². The minimum absolute atomic E-state index is 0.106.